The monoisotopic (exact) mass is 332 g/mol. The first-order valence-corrected chi connectivity index (χ1v) is 8.70. The molecule has 0 atom stereocenters. The quantitative estimate of drug-likeness (QED) is 0.690. The van der Waals surface area contributed by atoms with Gasteiger partial charge in [-0.3, -0.25) is 4.79 Å². The molecule has 0 aliphatic carbocycles. The molecule has 1 heterocycles. The minimum absolute atomic E-state index is 0.613. The number of aliphatic carboxylic acids is 1. The summed E-state index contributed by atoms with van der Waals surface area (Å²) in [6.45, 7) is 4.95. The number of nitrogens with zero attached hydrogens (tertiary/aromatic N) is 1. The van der Waals surface area contributed by atoms with Gasteiger partial charge in [0, 0.05) is 24.0 Å². The highest BCUT2D eigenvalue weighted by molar-refractivity contribution is 7.11. The number of carboxylic acids is 1. The maximum Gasteiger partial charge on any atom is 0.309 e. The lowest BCUT2D eigenvalue weighted by Crippen LogP contribution is -2.28. The van der Waals surface area contributed by atoms with Crippen molar-refractivity contribution in [1.82, 2.24) is 10.3 Å². The Bertz CT molecular complexity index is 623. The van der Waals surface area contributed by atoms with Crippen molar-refractivity contribution >= 4 is 17.3 Å². The lowest BCUT2D eigenvalue weighted by Gasteiger charge is -2.18. The number of hydrogen-bond acceptors (Lipinski definition) is 4. The lowest BCUT2D eigenvalue weighted by molar-refractivity contribution is -0.147. The molecular formula is C18H24N2O2S. The molecule has 0 spiro atoms. The van der Waals surface area contributed by atoms with Crippen molar-refractivity contribution in [3.8, 4) is 0 Å². The second-order valence-electron chi connectivity index (χ2n) is 6.32. The largest absolute Gasteiger partial charge is 0.481 e. The van der Waals surface area contributed by atoms with Crippen LogP contribution in [0.4, 0.5) is 0 Å². The molecule has 23 heavy (non-hydrogen) atoms. The van der Waals surface area contributed by atoms with Crippen molar-refractivity contribution in [3.63, 3.8) is 0 Å². The Hall–Kier alpha value is -1.72. The van der Waals surface area contributed by atoms with Crippen LogP contribution in [0.25, 0.3) is 0 Å². The minimum Gasteiger partial charge on any atom is -0.481 e. The Morgan fingerprint density at radius 1 is 1.26 bits per heavy atom. The Labute approximate surface area is 141 Å². The van der Waals surface area contributed by atoms with E-state index in [9.17, 15) is 4.79 Å². The maximum atomic E-state index is 11.0. The van der Waals surface area contributed by atoms with E-state index in [1.54, 1.807) is 25.2 Å². The van der Waals surface area contributed by atoms with Crippen LogP contribution < -0.4 is 5.32 Å². The molecule has 1 aromatic carbocycles. The number of carbonyl (C=O) groups is 1. The molecule has 1 aromatic heterocycles. The van der Waals surface area contributed by atoms with Gasteiger partial charge in [0.25, 0.3) is 0 Å². The average Bonchev–Trinajstić information content (AvgIpc) is 2.98. The summed E-state index contributed by atoms with van der Waals surface area (Å²) in [5, 5.41) is 13.5. The van der Waals surface area contributed by atoms with Gasteiger partial charge in [-0.15, -0.1) is 11.3 Å². The van der Waals surface area contributed by atoms with Crippen LogP contribution in [0.5, 0.6) is 0 Å². The summed E-state index contributed by atoms with van der Waals surface area (Å²) in [7, 11) is 0. The van der Waals surface area contributed by atoms with E-state index in [1.165, 1.54) is 10.4 Å². The number of rotatable bonds is 9. The number of aryl methyl sites for hydroxylation is 2. The predicted octanol–water partition coefficient (Wildman–Crippen LogP) is 3.52. The van der Waals surface area contributed by atoms with E-state index in [4.69, 9.17) is 5.11 Å². The second kappa shape index (κ2) is 8.22. The Morgan fingerprint density at radius 3 is 2.70 bits per heavy atom. The van der Waals surface area contributed by atoms with Crippen LogP contribution in [0.2, 0.25) is 0 Å². The first-order chi connectivity index (χ1) is 11.0. The van der Waals surface area contributed by atoms with Gasteiger partial charge in [-0.25, -0.2) is 4.98 Å². The fourth-order valence-electron chi connectivity index (χ4n) is 2.16. The van der Waals surface area contributed by atoms with Crippen LogP contribution in [0.1, 0.15) is 35.7 Å². The Kier molecular flexibility index (Phi) is 6.30. The summed E-state index contributed by atoms with van der Waals surface area (Å²) in [5.74, 6) is -0.750. The number of nitrogens with one attached hydrogen (secondary N) is 1. The van der Waals surface area contributed by atoms with Crippen LogP contribution in [0.15, 0.2) is 36.5 Å². The van der Waals surface area contributed by atoms with E-state index in [0.29, 0.717) is 13.0 Å². The summed E-state index contributed by atoms with van der Waals surface area (Å²) < 4.78 is 0. The van der Waals surface area contributed by atoms with Gasteiger partial charge in [0.05, 0.1) is 10.4 Å². The van der Waals surface area contributed by atoms with Gasteiger partial charge in [-0.2, -0.15) is 0 Å². The van der Waals surface area contributed by atoms with E-state index in [0.717, 1.165) is 24.4 Å². The third kappa shape index (κ3) is 5.77. The van der Waals surface area contributed by atoms with Gasteiger partial charge in [0.1, 0.15) is 0 Å². The van der Waals surface area contributed by atoms with Crippen molar-refractivity contribution in [1.29, 1.82) is 0 Å². The SMILES string of the molecule is CC(C)(CCNCc1cnc(CCc2ccccc2)s1)C(=O)O. The fraction of sp³-hybridized carbons (Fsp3) is 0.444. The fourth-order valence-corrected chi connectivity index (χ4v) is 3.05. The molecule has 0 radical (unpaired) electrons. The lowest BCUT2D eigenvalue weighted by atomic mass is 9.90. The first kappa shape index (κ1) is 17.6. The number of thiazole rings is 1. The molecule has 2 N–H and O–H groups in total. The second-order valence-corrected chi connectivity index (χ2v) is 7.52. The van der Waals surface area contributed by atoms with Crippen LogP contribution in [-0.2, 0) is 24.2 Å². The van der Waals surface area contributed by atoms with Crippen molar-refractivity contribution in [3.05, 3.63) is 52.0 Å². The van der Waals surface area contributed by atoms with E-state index >= 15 is 0 Å². The third-order valence-corrected chi connectivity index (χ3v) is 4.93. The predicted molar refractivity (Wildman–Crippen MR) is 93.7 cm³/mol. The Morgan fingerprint density at radius 2 is 2.00 bits per heavy atom. The third-order valence-electron chi connectivity index (χ3n) is 3.88. The van der Waals surface area contributed by atoms with Crippen LogP contribution >= 0.6 is 11.3 Å². The molecule has 4 nitrogen and oxygen atoms in total. The molecule has 0 saturated carbocycles. The summed E-state index contributed by atoms with van der Waals surface area (Å²) in [4.78, 5) is 16.7. The maximum absolute atomic E-state index is 11.0. The van der Waals surface area contributed by atoms with Gasteiger partial charge >= 0.3 is 5.97 Å². The first-order valence-electron chi connectivity index (χ1n) is 7.89. The van der Waals surface area contributed by atoms with Gasteiger partial charge in [-0.1, -0.05) is 30.3 Å². The smallest absolute Gasteiger partial charge is 0.309 e. The van der Waals surface area contributed by atoms with Crippen molar-refractivity contribution < 1.29 is 9.90 Å². The molecule has 2 rings (SSSR count). The molecule has 0 saturated heterocycles. The normalized spacial score (nSPS) is 11.6. The minimum atomic E-state index is -0.750. The number of aromatic nitrogens is 1. The zero-order valence-corrected chi connectivity index (χ0v) is 14.5. The van der Waals surface area contributed by atoms with Crippen LogP contribution in [0, 0.1) is 5.41 Å². The molecule has 124 valence electrons. The van der Waals surface area contributed by atoms with E-state index < -0.39 is 11.4 Å². The molecular weight excluding hydrogens is 308 g/mol. The number of benzene rings is 1. The van der Waals surface area contributed by atoms with Crippen molar-refractivity contribution in [2.24, 2.45) is 5.41 Å². The zero-order chi connectivity index (χ0) is 16.7. The Balaban J connectivity index is 1.71. The van der Waals surface area contributed by atoms with Crippen molar-refractivity contribution in [2.45, 2.75) is 39.7 Å². The van der Waals surface area contributed by atoms with Crippen LogP contribution in [-0.4, -0.2) is 22.6 Å². The van der Waals surface area contributed by atoms with Gasteiger partial charge in [0.2, 0.25) is 0 Å². The topological polar surface area (TPSA) is 62.2 Å². The van der Waals surface area contributed by atoms with Crippen LogP contribution in [0.3, 0.4) is 0 Å². The van der Waals surface area contributed by atoms with Gasteiger partial charge < -0.3 is 10.4 Å². The summed E-state index contributed by atoms with van der Waals surface area (Å²) in [5.41, 5.74) is 0.653. The van der Waals surface area contributed by atoms with E-state index in [1.807, 2.05) is 12.3 Å². The average molecular weight is 332 g/mol. The summed E-state index contributed by atoms with van der Waals surface area (Å²) in [6, 6.07) is 10.4. The molecule has 0 unspecified atom stereocenters. The standard InChI is InChI=1S/C18H24N2O2S/c1-18(2,17(21)22)10-11-19-12-15-13-20-16(23-15)9-8-14-6-4-3-5-7-14/h3-7,13,19H,8-12H2,1-2H3,(H,21,22). The number of hydrogen-bond donors (Lipinski definition) is 2. The number of carboxylic acid groups (broad SMARTS) is 1. The molecule has 0 aliphatic heterocycles. The molecule has 0 fully saturated rings. The summed E-state index contributed by atoms with van der Waals surface area (Å²) in [6.07, 6.45) is 4.50. The van der Waals surface area contributed by atoms with E-state index in [2.05, 4.69) is 34.6 Å². The molecule has 0 amide bonds. The van der Waals surface area contributed by atoms with Gasteiger partial charge in [0.15, 0.2) is 0 Å². The molecule has 2 aromatic rings. The zero-order valence-electron chi connectivity index (χ0n) is 13.7. The van der Waals surface area contributed by atoms with Crippen molar-refractivity contribution in [2.75, 3.05) is 6.54 Å². The highest BCUT2D eigenvalue weighted by Crippen LogP contribution is 2.20. The highest BCUT2D eigenvalue weighted by atomic mass is 32.1. The van der Waals surface area contributed by atoms with E-state index in [-0.39, 0.29) is 0 Å². The molecule has 0 bridgehead atoms. The molecule has 5 heteroatoms. The van der Waals surface area contributed by atoms with Gasteiger partial charge in [-0.05, 0) is 38.8 Å². The molecule has 0 aliphatic rings. The highest BCUT2D eigenvalue weighted by Gasteiger charge is 2.26. The summed E-state index contributed by atoms with van der Waals surface area (Å²) >= 11 is 1.73.